The molecule has 2 heterocycles. The first-order valence-electron chi connectivity index (χ1n) is 7.00. The lowest BCUT2D eigenvalue weighted by Crippen LogP contribution is -2.12. The second kappa shape index (κ2) is 8.49. The Morgan fingerprint density at radius 2 is 1.75 bits per heavy atom. The third-order valence-electron chi connectivity index (χ3n) is 3.00. The molecule has 0 saturated carbocycles. The van der Waals surface area contributed by atoms with E-state index in [1.165, 1.54) is 11.1 Å². The van der Waals surface area contributed by atoms with Gasteiger partial charge in [0.05, 0.1) is 0 Å². The van der Waals surface area contributed by atoms with Gasteiger partial charge in [0.2, 0.25) is 6.79 Å². The van der Waals surface area contributed by atoms with Crippen molar-refractivity contribution in [1.29, 1.82) is 0 Å². The van der Waals surface area contributed by atoms with Gasteiger partial charge in [-0.15, -0.1) is 0 Å². The molecule has 24 heavy (non-hydrogen) atoms. The number of pyridine rings is 1. The minimum Gasteiger partial charge on any atom is -0.473 e. The number of fused-ring (bicyclic) bond motifs is 1. The second-order valence-electron chi connectivity index (χ2n) is 4.76. The smallest absolute Gasteiger partial charge is 0.414 e. The molecule has 0 aliphatic carbocycles. The van der Waals surface area contributed by atoms with Gasteiger partial charge in [0.25, 0.3) is 0 Å². The van der Waals surface area contributed by atoms with Crippen LogP contribution in [0.15, 0.2) is 42.7 Å². The Kier molecular flexibility index (Phi) is 6.09. The minimum absolute atomic E-state index is 0.321. The van der Waals surface area contributed by atoms with Crippen molar-refractivity contribution in [3.8, 4) is 11.5 Å². The molecule has 0 unspecified atom stereocenters. The summed E-state index contributed by atoms with van der Waals surface area (Å²) in [5, 5.41) is 18.2. The molecule has 126 valence electrons. The number of carbonyl (C=O) groups is 2. The van der Waals surface area contributed by atoms with Crippen LogP contribution in [-0.2, 0) is 22.7 Å². The summed E-state index contributed by atoms with van der Waals surface area (Å²) < 4.78 is 10.6. The van der Waals surface area contributed by atoms with E-state index in [0.29, 0.717) is 6.79 Å². The molecule has 0 atom stereocenters. The molecule has 8 nitrogen and oxygen atoms in total. The fraction of sp³-hybridized carbons (Fsp3) is 0.188. The number of carboxylic acid groups (broad SMARTS) is 2. The van der Waals surface area contributed by atoms with Crippen molar-refractivity contribution in [2.24, 2.45) is 0 Å². The topological polar surface area (TPSA) is 118 Å². The molecule has 0 fully saturated rings. The molecule has 0 bridgehead atoms. The second-order valence-corrected chi connectivity index (χ2v) is 4.76. The number of aromatic nitrogens is 1. The summed E-state index contributed by atoms with van der Waals surface area (Å²) in [6.45, 7) is 1.93. The molecule has 0 saturated heterocycles. The van der Waals surface area contributed by atoms with Crippen LogP contribution in [0.5, 0.6) is 11.5 Å². The van der Waals surface area contributed by atoms with E-state index < -0.39 is 11.9 Å². The lowest BCUT2D eigenvalue weighted by Gasteiger charge is -2.05. The average Bonchev–Trinajstić information content (AvgIpc) is 3.04. The number of carboxylic acids is 2. The Labute approximate surface area is 137 Å². The van der Waals surface area contributed by atoms with E-state index in [1.54, 1.807) is 6.20 Å². The fourth-order valence-corrected chi connectivity index (χ4v) is 1.90. The van der Waals surface area contributed by atoms with Gasteiger partial charge in [-0.25, -0.2) is 9.59 Å². The molecule has 1 aliphatic rings. The maximum absolute atomic E-state index is 9.10. The van der Waals surface area contributed by atoms with Crippen LogP contribution in [0.4, 0.5) is 0 Å². The Bertz CT molecular complexity index is 693. The third kappa shape index (κ3) is 5.25. The van der Waals surface area contributed by atoms with Gasteiger partial charge in [-0.2, -0.15) is 0 Å². The molecule has 1 aromatic carbocycles. The van der Waals surface area contributed by atoms with Gasteiger partial charge < -0.3 is 25.0 Å². The monoisotopic (exact) mass is 332 g/mol. The number of hydrogen-bond acceptors (Lipinski definition) is 6. The minimum atomic E-state index is -1.82. The molecule has 0 amide bonds. The number of hydrogen-bond donors (Lipinski definition) is 3. The zero-order valence-corrected chi connectivity index (χ0v) is 12.6. The van der Waals surface area contributed by atoms with Gasteiger partial charge in [0, 0.05) is 25.5 Å². The number of benzene rings is 1. The van der Waals surface area contributed by atoms with Gasteiger partial charge in [0.15, 0.2) is 11.5 Å². The van der Waals surface area contributed by atoms with Crippen molar-refractivity contribution in [3.05, 3.63) is 53.9 Å². The van der Waals surface area contributed by atoms with E-state index in [2.05, 4.69) is 16.4 Å². The van der Waals surface area contributed by atoms with E-state index in [4.69, 9.17) is 29.3 Å². The maximum atomic E-state index is 9.10. The lowest BCUT2D eigenvalue weighted by molar-refractivity contribution is -0.159. The van der Waals surface area contributed by atoms with Crippen LogP contribution in [0, 0.1) is 0 Å². The molecule has 1 aliphatic heterocycles. The highest BCUT2D eigenvalue weighted by atomic mass is 16.7. The van der Waals surface area contributed by atoms with Gasteiger partial charge in [0.1, 0.15) is 0 Å². The summed E-state index contributed by atoms with van der Waals surface area (Å²) in [5.74, 6) is -1.99. The number of rotatable bonds is 4. The van der Waals surface area contributed by atoms with Crippen LogP contribution >= 0.6 is 0 Å². The molecular formula is C16H16N2O6. The van der Waals surface area contributed by atoms with Crippen molar-refractivity contribution < 1.29 is 29.3 Å². The highest BCUT2D eigenvalue weighted by molar-refractivity contribution is 6.27. The first-order chi connectivity index (χ1) is 11.6. The normalized spacial score (nSPS) is 11.3. The third-order valence-corrected chi connectivity index (χ3v) is 3.00. The first-order valence-corrected chi connectivity index (χ1v) is 7.00. The van der Waals surface area contributed by atoms with E-state index in [-0.39, 0.29) is 0 Å². The zero-order valence-electron chi connectivity index (χ0n) is 12.6. The summed E-state index contributed by atoms with van der Waals surface area (Å²) in [5.41, 5.74) is 2.36. The summed E-state index contributed by atoms with van der Waals surface area (Å²) in [7, 11) is 0. The van der Waals surface area contributed by atoms with Gasteiger partial charge in [-0.3, -0.25) is 4.98 Å². The van der Waals surface area contributed by atoms with Crippen LogP contribution in [-0.4, -0.2) is 33.9 Å². The highest BCUT2D eigenvalue weighted by Crippen LogP contribution is 2.32. The largest absolute Gasteiger partial charge is 0.473 e. The Morgan fingerprint density at radius 3 is 2.42 bits per heavy atom. The molecule has 2 aromatic rings. The molecule has 3 rings (SSSR count). The molecule has 0 spiro atoms. The quantitative estimate of drug-likeness (QED) is 0.716. The van der Waals surface area contributed by atoms with E-state index >= 15 is 0 Å². The van der Waals surface area contributed by atoms with Crippen molar-refractivity contribution in [3.63, 3.8) is 0 Å². The predicted molar refractivity (Wildman–Crippen MR) is 82.6 cm³/mol. The summed E-state index contributed by atoms with van der Waals surface area (Å²) >= 11 is 0. The summed E-state index contributed by atoms with van der Waals surface area (Å²) in [6.07, 6.45) is 3.65. The van der Waals surface area contributed by atoms with Crippen LogP contribution < -0.4 is 14.8 Å². The van der Waals surface area contributed by atoms with Crippen LogP contribution in [0.3, 0.4) is 0 Å². The Balaban J connectivity index is 0.000000301. The van der Waals surface area contributed by atoms with Crippen LogP contribution in [0.25, 0.3) is 0 Å². The molecule has 0 radical (unpaired) electrons. The molecule has 1 aromatic heterocycles. The van der Waals surface area contributed by atoms with E-state index in [0.717, 1.165) is 24.6 Å². The van der Waals surface area contributed by atoms with Crippen molar-refractivity contribution in [2.75, 3.05) is 6.79 Å². The van der Waals surface area contributed by atoms with Gasteiger partial charge >= 0.3 is 11.9 Å². The first kappa shape index (κ1) is 17.2. The molecule has 3 N–H and O–H groups in total. The predicted octanol–water partition coefficient (Wildman–Crippen LogP) is 1.26. The van der Waals surface area contributed by atoms with E-state index in [1.807, 2.05) is 30.5 Å². The Morgan fingerprint density at radius 1 is 1.04 bits per heavy atom. The summed E-state index contributed by atoms with van der Waals surface area (Å²) in [6, 6.07) is 10.0. The Hall–Kier alpha value is -3.13. The zero-order chi connectivity index (χ0) is 17.4. The van der Waals surface area contributed by atoms with E-state index in [9.17, 15) is 0 Å². The maximum Gasteiger partial charge on any atom is 0.414 e. The number of ether oxygens (including phenoxy) is 2. The van der Waals surface area contributed by atoms with Crippen LogP contribution in [0.2, 0.25) is 0 Å². The number of nitrogens with zero attached hydrogens (tertiary/aromatic N) is 1. The van der Waals surface area contributed by atoms with Crippen LogP contribution in [0.1, 0.15) is 11.1 Å². The molecule has 8 heteroatoms. The summed E-state index contributed by atoms with van der Waals surface area (Å²) in [4.78, 5) is 22.3. The van der Waals surface area contributed by atoms with Crippen molar-refractivity contribution in [1.82, 2.24) is 10.3 Å². The SMILES string of the molecule is O=C(O)C(=O)O.c1cncc(CNCc2ccc3c(c2)OCO3)c1. The fourth-order valence-electron chi connectivity index (χ4n) is 1.90. The average molecular weight is 332 g/mol. The number of aliphatic carboxylic acids is 2. The van der Waals surface area contributed by atoms with Crippen molar-refractivity contribution in [2.45, 2.75) is 13.1 Å². The lowest BCUT2D eigenvalue weighted by atomic mass is 10.2. The highest BCUT2D eigenvalue weighted by Gasteiger charge is 2.12. The number of nitrogens with one attached hydrogen (secondary N) is 1. The van der Waals surface area contributed by atoms with Crippen molar-refractivity contribution >= 4 is 11.9 Å². The molecular weight excluding hydrogens is 316 g/mol. The van der Waals surface area contributed by atoms with Gasteiger partial charge in [-0.1, -0.05) is 12.1 Å². The van der Waals surface area contributed by atoms with Gasteiger partial charge in [-0.05, 0) is 29.3 Å². The standard InChI is InChI=1S/C14H14N2O2.C2H2O4/c1-2-12(8-15-5-1)9-16-7-11-3-4-13-14(6-11)18-10-17-13;3-1(4)2(5)6/h1-6,8,16H,7,9-10H2;(H,3,4)(H,5,6).